The lowest BCUT2D eigenvalue weighted by atomic mass is 10.2. The van der Waals surface area contributed by atoms with Crippen LogP contribution in [-0.2, 0) is 0 Å². The Morgan fingerprint density at radius 1 is 1.05 bits per heavy atom. The van der Waals surface area contributed by atoms with E-state index in [9.17, 15) is 0 Å². The Morgan fingerprint density at radius 2 is 1.82 bits per heavy atom. The molecule has 3 rings (SSSR count). The van der Waals surface area contributed by atoms with Crippen LogP contribution >= 0.6 is 23.2 Å². The molecule has 0 aliphatic carbocycles. The van der Waals surface area contributed by atoms with Gasteiger partial charge < -0.3 is 9.15 Å². The summed E-state index contributed by atoms with van der Waals surface area (Å²) in [5.74, 6) is 1.29. The molecule has 0 fully saturated rings. The van der Waals surface area contributed by atoms with Crippen molar-refractivity contribution >= 4 is 23.2 Å². The number of aromatic nitrogens is 2. The molecule has 0 spiro atoms. The molecular formula is C16H12Cl2N2O2. The van der Waals surface area contributed by atoms with Gasteiger partial charge >= 0.3 is 0 Å². The molecule has 0 saturated heterocycles. The Morgan fingerprint density at radius 3 is 2.59 bits per heavy atom. The monoisotopic (exact) mass is 334 g/mol. The summed E-state index contributed by atoms with van der Waals surface area (Å²) in [7, 11) is 0. The molecule has 6 heteroatoms. The standard InChI is InChI=1S/C16H12Cl2N2O2/c1-10(21-14-9-12(17)7-8-13(14)18)15-19-20-16(22-15)11-5-3-2-4-6-11/h2-10H,1H3. The van der Waals surface area contributed by atoms with Crippen LogP contribution in [0.2, 0.25) is 10.0 Å². The first-order chi connectivity index (χ1) is 10.6. The van der Waals surface area contributed by atoms with Crippen LogP contribution < -0.4 is 4.74 Å². The summed E-state index contributed by atoms with van der Waals surface area (Å²) in [6.45, 7) is 1.81. The van der Waals surface area contributed by atoms with E-state index in [0.717, 1.165) is 5.56 Å². The van der Waals surface area contributed by atoms with E-state index in [1.807, 2.05) is 30.3 Å². The van der Waals surface area contributed by atoms with Gasteiger partial charge in [-0.05, 0) is 31.2 Å². The van der Waals surface area contributed by atoms with Crippen LogP contribution in [0.3, 0.4) is 0 Å². The number of halogens is 2. The zero-order valence-corrected chi connectivity index (χ0v) is 13.2. The van der Waals surface area contributed by atoms with E-state index in [-0.39, 0.29) is 0 Å². The molecule has 0 radical (unpaired) electrons. The summed E-state index contributed by atoms with van der Waals surface area (Å²) in [6, 6.07) is 14.6. The van der Waals surface area contributed by atoms with Crippen molar-refractivity contribution in [2.75, 3.05) is 0 Å². The molecule has 1 aromatic heterocycles. The van der Waals surface area contributed by atoms with Gasteiger partial charge in [0.05, 0.1) is 5.02 Å². The van der Waals surface area contributed by atoms with Crippen molar-refractivity contribution in [2.24, 2.45) is 0 Å². The maximum Gasteiger partial charge on any atom is 0.257 e. The van der Waals surface area contributed by atoms with Gasteiger partial charge in [0.1, 0.15) is 5.75 Å². The SMILES string of the molecule is CC(Oc1cc(Cl)ccc1Cl)c1nnc(-c2ccccc2)o1. The van der Waals surface area contributed by atoms with Crippen molar-refractivity contribution in [1.29, 1.82) is 0 Å². The largest absolute Gasteiger partial charge is 0.479 e. The smallest absolute Gasteiger partial charge is 0.257 e. The van der Waals surface area contributed by atoms with Gasteiger partial charge in [-0.2, -0.15) is 0 Å². The van der Waals surface area contributed by atoms with Gasteiger partial charge in [0.2, 0.25) is 5.89 Å². The normalized spacial score (nSPS) is 12.1. The summed E-state index contributed by atoms with van der Waals surface area (Å²) in [5, 5.41) is 9.07. The van der Waals surface area contributed by atoms with Crippen molar-refractivity contribution in [1.82, 2.24) is 10.2 Å². The summed E-state index contributed by atoms with van der Waals surface area (Å²) in [4.78, 5) is 0. The lowest BCUT2D eigenvalue weighted by Crippen LogP contribution is -2.03. The van der Waals surface area contributed by atoms with Crippen LogP contribution in [0.5, 0.6) is 5.75 Å². The molecular weight excluding hydrogens is 323 g/mol. The Bertz CT molecular complexity index is 775. The first-order valence-electron chi connectivity index (χ1n) is 6.64. The minimum Gasteiger partial charge on any atom is -0.479 e. The summed E-state index contributed by atoms with van der Waals surface area (Å²) >= 11 is 12.0. The maximum absolute atomic E-state index is 6.08. The number of benzene rings is 2. The fourth-order valence-electron chi connectivity index (χ4n) is 1.90. The Labute approximate surface area is 137 Å². The molecule has 1 heterocycles. The van der Waals surface area contributed by atoms with Gasteiger partial charge in [-0.15, -0.1) is 10.2 Å². The molecule has 1 atom stereocenters. The molecule has 0 aliphatic rings. The number of nitrogens with zero attached hydrogens (tertiary/aromatic N) is 2. The fourth-order valence-corrected chi connectivity index (χ4v) is 2.23. The maximum atomic E-state index is 6.08. The highest BCUT2D eigenvalue weighted by Gasteiger charge is 2.17. The molecule has 0 bridgehead atoms. The third-order valence-electron chi connectivity index (χ3n) is 3.01. The van der Waals surface area contributed by atoms with Gasteiger partial charge in [-0.25, -0.2) is 0 Å². The van der Waals surface area contributed by atoms with Gasteiger partial charge in [-0.1, -0.05) is 41.4 Å². The average Bonchev–Trinajstić information content (AvgIpc) is 3.02. The predicted molar refractivity (Wildman–Crippen MR) is 85.2 cm³/mol. The third-order valence-corrected chi connectivity index (χ3v) is 3.55. The number of hydrogen-bond acceptors (Lipinski definition) is 4. The van der Waals surface area contributed by atoms with Crippen molar-refractivity contribution < 1.29 is 9.15 Å². The number of rotatable bonds is 4. The minimum absolute atomic E-state index is 0.370. The zero-order valence-electron chi connectivity index (χ0n) is 11.7. The second-order valence-corrected chi connectivity index (χ2v) is 5.49. The second kappa shape index (κ2) is 6.38. The lowest BCUT2D eigenvalue weighted by molar-refractivity contribution is 0.190. The summed E-state index contributed by atoms with van der Waals surface area (Å²) in [5.41, 5.74) is 0.856. The quantitative estimate of drug-likeness (QED) is 0.659. The molecule has 0 saturated carbocycles. The van der Waals surface area contributed by atoms with Gasteiger partial charge in [-0.3, -0.25) is 0 Å². The van der Waals surface area contributed by atoms with Crippen LogP contribution in [0.4, 0.5) is 0 Å². The van der Waals surface area contributed by atoms with Crippen LogP contribution in [0.15, 0.2) is 52.9 Å². The van der Waals surface area contributed by atoms with E-state index in [0.29, 0.717) is 27.6 Å². The molecule has 4 nitrogen and oxygen atoms in total. The first kappa shape index (κ1) is 14.9. The van der Waals surface area contributed by atoms with Crippen LogP contribution in [-0.4, -0.2) is 10.2 Å². The fraction of sp³-hybridized carbons (Fsp3) is 0.125. The molecule has 2 aromatic carbocycles. The predicted octanol–water partition coefficient (Wildman–Crippen LogP) is 5.18. The molecule has 22 heavy (non-hydrogen) atoms. The number of ether oxygens (including phenoxy) is 1. The van der Waals surface area contributed by atoms with Crippen LogP contribution in [0.1, 0.15) is 18.9 Å². The molecule has 3 aromatic rings. The average molecular weight is 335 g/mol. The van der Waals surface area contributed by atoms with Crippen molar-refractivity contribution in [2.45, 2.75) is 13.0 Å². The highest BCUT2D eigenvalue weighted by Crippen LogP contribution is 2.31. The Balaban J connectivity index is 1.80. The van der Waals surface area contributed by atoms with Crippen molar-refractivity contribution in [3.05, 3.63) is 64.5 Å². The molecule has 1 unspecified atom stereocenters. The first-order valence-corrected chi connectivity index (χ1v) is 7.39. The highest BCUT2D eigenvalue weighted by molar-refractivity contribution is 6.34. The molecule has 112 valence electrons. The topological polar surface area (TPSA) is 48.2 Å². The molecule has 0 aliphatic heterocycles. The number of hydrogen-bond donors (Lipinski definition) is 0. The molecule has 0 amide bonds. The second-order valence-electron chi connectivity index (χ2n) is 4.65. The van der Waals surface area contributed by atoms with Crippen molar-refractivity contribution in [3.63, 3.8) is 0 Å². The van der Waals surface area contributed by atoms with E-state index in [2.05, 4.69) is 10.2 Å². The van der Waals surface area contributed by atoms with E-state index in [4.69, 9.17) is 32.4 Å². The van der Waals surface area contributed by atoms with E-state index in [1.165, 1.54) is 0 Å². The van der Waals surface area contributed by atoms with Crippen LogP contribution in [0.25, 0.3) is 11.5 Å². The van der Waals surface area contributed by atoms with E-state index in [1.54, 1.807) is 25.1 Å². The van der Waals surface area contributed by atoms with Gasteiger partial charge in [0, 0.05) is 16.7 Å². The lowest BCUT2D eigenvalue weighted by Gasteiger charge is -2.12. The highest BCUT2D eigenvalue weighted by atomic mass is 35.5. The van der Waals surface area contributed by atoms with Crippen molar-refractivity contribution in [3.8, 4) is 17.2 Å². The third kappa shape index (κ3) is 3.24. The van der Waals surface area contributed by atoms with E-state index < -0.39 is 6.10 Å². The van der Waals surface area contributed by atoms with E-state index >= 15 is 0 Å². The van der Waals surface area contributed by atoms with Gasteiger partial charge in [0.15, 0.2) is 6.10 Å². The Hall–Kier alpha value is -2.04. The van der Waals surface area contributed by atoms with Gasteiger partial charge in [0.25, 0.3) is 5.89 Å². The minimum atomic E-state index is -0.444. The molecule has 0 N–H and O–H groups in total. The summed E-state index contributed by atoms with van der Waals surface area (Å²) < 4.78 is 11.4. The summed E-state index contributed by atoms with van der Waals surface area (Å²) in [6.07, 6.45) is -0.444. The van der Waals surface area contributed by atoms with Crippen LogP contribution in [0, 0.1) is 0 Å². The zero-order chi connectivity index (χ0) is 15.5. The Kier molecular flexibility index (Phi) is 4.32.